The molecule has 2 saturated carbocycles. The second-order valence-corrected chi connectivity index (χ2v) is 6.72. The molecule has 3 nitrogen and oxygen atoms in total. The Morgan fingerprint density at radius 2 is 2.00 bits per heavy atom. The Labute approximate surface area is 111 Å². The van der Waals surface area contributed by atoms with Crippen LogP contribution in [-0.4, -0.2) is 16.1 Å². The first-order valence-corrected chi connectivity index (χ1v) is 7.66. The Hall–Kier alpha value is -0.900. The van der Waals surface area contributed by atoms with E-state index in [0.29, 0.717) is 5.92 Å². The first-order valence-electron chi connectivity index (χ1n) is 6.85. The van der Waals surface area contributed by atoms with Crippen LogP contribution in [0.15, 0.2) is 0 Å². The van der Waals surface area contributed by atoms with Crippen molar-refractivity contribution in [3.63, 3.8) is 0 Å². The normalized spacial score (nSPS) is 22.9. The summed E-state index contributed by atoms with van der Waals surface area (Å²) in [5.74, 6) is -0.0785. The van der Waals surface area contributed by atoms with Crippen molar-refractivity contribution in [2.45, 2.75) is 63.2 Å². The lowest BCUT2D eigenvalue weighted by molar-refractivity contribution is -0.139. The highest BCUT2D eigenvalue weighted by Gasteiger charge is 2.54. The zero-order chi connectivity index (χ0) is 12.8. The fourth-order valence-electron chi connectivity index (χ4n) is 3.05. The number of carboxylic acids is 1. The van der Waals surface area contributed by atoms with E-state index in [9.17, 15) is 9.90 Å². The van der Waals surface area contributed by atoms with Gasteiger partial charge < -0.3 is 5.11 Å². The van der Waals surface area contributed by atoms with Gasteiger partial charge in [0.15, 0.2) is 0 Å². The number of aromatic nitrogens is 1. The summed E-state index contributed by atoms with van der Waals surface area (Å²) >= 11 is 1.67. The molecule has 3 rings (SSSR count). The molecule has 98 valence electrons. The van der Waals surface area contributed by atoms with E-state index in [1.165, 1.54) is 37.1 Å². The number of rotatable bonds is 3. The van der Waals surface area contributed by atoms with Crippen LogP contribution in [0, 0.1) is 6.92 Å². The Kier molecular flexibility index (Phi) is 2.93. The number of thiazole rings is 1. The second kappa shape index (κ2) is 4.34. The number of carbonyl (C=O) groups is 1. The van der Waals surface area contributed by atoms with Gasteiger partial charge in [0.25, 0.3) is 0 Å². The van der Waals surface area contributed by atoms with Gasteiger partial charge >= 0.3 is 5.97 Å². The highest BCUT2D eigenvalue weighted by molar-refractivity contribution is 7.12. The minimum Gasteiger partial charge on any atom is -0.481 e. The Morgan fingerprint density at radius 3 is 2.56 bits per heavy atom. The van der Waals surface area contributed by atoms with Gasteiger partial charge in [-0.2, -0.15) is 0 Å². The molecule has 18 heavy (non-hydrogen) atoms. The number of aliphatic carboxylic acids is 1. The lowest BCUT2D eigenvalue weighted by atomic mass is 9.90. The van der Waals surface area contributed by atoms with Crippen molar-refractivity contribution < 1.29 is 9.90 Å². The van der Waals surface area contributed by atoms with Gasteiger partial charge in [0.1, 0.15) is 5.41 Å². The summed E-state index contributed by atoms with van der Waals surface area (Å²) in [7, 11) is 0. The first-order chi connectivity index (χ1) is 8.63. The zero-order valence-corrected chi connectivity index (χ0v) is 11.6. The maximum absolute atomic E-state index is 11.4. The van der Waals surface area contributed by atoms with Gasteiger partial charge in [-0.3, -0.25) is 4.79 Å². The third-order valence-electron chi connectivity index (χ3n) is 4.36. The molecule has 1 N–H and O–H groups in total. The van der Waals surface area contributed by atoms with E-state index in [-0.39, 0.29) is 0 Å². The minimum absolute atomic E-state index is 0.575. The van der Waals surface area contributed by atoms with Crippen LogP contribution in [-0.2, 0) is 10.2 Å². The molecule has 0 bridgehead atoms. The van der Waals surface area contributed by atoms with E-state index in [1.807, 2.05) is 6.92 Å². The highest BCUT2D eigenvalue weighted by Crippen LogP contribution is 2.52. The van der Waals surface area contributed by atoms with Crippen molar-refractivity contribution >= 4 is 17.3 Å². The van der Waals surface area contributed by atoms with Crippen molar-refractivity contribution in [2.24, 2.45) is 0 Å². The molecule has 0 saturated heterocycles. The number of nitrogens with zero attached hydrogens (tertiary/aromatic N) is 1. The molecule has 0 atom stereocenters. The van der Waals surface area contributed by atoms with Crippen LogP contribution in [0.3, 0.4) is 0 Å². The summed E-state index contributed by atoms with van der Waals surface area (Å²) in [6, 6.07) is 0. The Morgan fingerprint density at radius 1 is 1.33 bits per heavy atom. The van der Waals surface area contributed by atoms with Gasteiger partial charge in [0, 0.05) is 10.8 Å². The van der Waals surface area contributed by atoms with Crippen LogP contribution >= 0.6 is 11.3 Å². The molecule has 4 heteroatoms. The van der Waals surface area contributed by atoms with Gasteiger partial charge in [0.05, 0.1) is 10.7 Å². The van der Waals surface area contributed by atoms with Crippen LogP contribution in [0.2, 0.25) is 0 Å². The van der Waals surface area contributed by atoms with Gasteiger partial charge in [-0.05, 0) is 32.6 Å². The SMILES string of the molecule is Cc1nc(C2CCCCC2)sc1C1(C(=O)O)CC1. The third kappa shape index (κ3) is 1.87. The van der Waals surface area contributed by atoms with Crippen LogP contribution in [0.1, 0.15) is 66.4 Å². The lowest BCUT2D eigenvalue weighted by Gasteiger charge is -2.19. The van der Waals surface area contributed by atoms with E-state index in [4.69, 9.17) is 0 Å². The number of hydrogen-bond donors (Lipinski definition) is 1. The number of carboxylic acid groups (broad SMARTS) is 1. The van der Waals surface area contributed by atoms with Crippen LogP contribution < -0.4 is 0 Å². The summed E-state index contributed by atoms with van der Waals surface area (Å²) in [6.07, 6.45) is 7.96. The summed E-state index contributed by atoms with van der Waals surface area (Å²) < 4.78 is 0. The molecule has 1 aromatic heterocycles. The van der Waals surface area contributed by atoms with Gasteiger partial charge in [-0.1, -0.05) is 19.3 Å². The lowest BCUT2D eigenvalue weighted by Crippen LogP contribution is -2.19. The molecule has 0 aliphatic heterocycles. The van der Waals surface area contributed by atoms with Gasteiger partial charge in [-0.25, -0.2) is 4.98 Å². The summed E-state index contributed by atoms with van der Waals surface area (Å²) in [6.45, 7) is 1.97. The molecule has 0 radical (unpaired) electrons. The molecular formula is C14H19NO2S. The van der Waals surface area contributed by atoms with Crippen LogP contribution in [0.25, 0.3) is 0 Å². The summed E-state index contributed by atoms with van der Waals surface area (Å²) in [5, 5.41) is 10.6. The average Bonchev–Trinajstić information content (AvgIpc) is 3.09. The molecule has 0 aromatic carbocycles. The quantitative estimate of drug-likeness (QED) is 0.908. The molecule has 1 aromatic rings. The molecule has 0 spiro atoms. The summed E-state index contributed by atoms with van der Waals surface area (Å²) in [4.78, 5) is 17.1. The maximum Gasteiger partial charge on any atom is 0.315 e. The second-order valence-electron chi connectivity index (χ2n) is 5.69. The number of aryl methyl sites for hydroxylation is 1. The topological polar surface area (TPSA) is 50.2 Å². The van der Waals surface area contributed by atoms with E-state index < -0.39 is 11.4 Å². The van der Waals surface area contributed by atoms with Crippen molar-refractivity contribution in [2.75, 3.05) is 0 Å². The molecule has 2 fully saturated rings. The van der Waals surface area contributed by atoms with Gasteiger partial charge in [0.2, 0.25) is 0 Å². The molecule has 0 unspecified atom stereocenters. The van der Waals surface area contributed by atoms with Crippen molar-refractivity contribution in [1.82, 2.24) is 4.98 Å². The fraction of sp³-hybridized carbons (Fsp3) is 0.714. The maximum atomic E-state index is 11.4. The molecule has 1 heterocycles. The van der Waals surface area contributed by atoms with Crippen molar-refractivity contribution in [3.05, 3.63) is 15.6 Å². The third-order valence-corrected chi connectivity index (χ3v) is 5.89. The average molecular weight is 265 g/mol. The molecule has 0 amide bonds. The van der Waals surface area contributed by atoms with E-state index in [2.05, 4.69) is 4.98 Å². The predicted molar refractivity (Wildman–Crippen MR) is 71.2 cm³/mol. The highest BCUT2D eigenvalue weighted by atomic mass is 32.1. The minimum atomic E-state index is -0.663. The standard InChI is InChI=1S/C14H19NO2S/c1-9-11(14(7-8-14)13(16)17)18-12(15-9)10-5-3-2-4-6-10/h10H,2-8H2,1H3,(H,16,17). The Balaban J connectivity index is 1.89. The van der Waals surface area contributed by atoms with E-state index in [0.717, 1.165) is 23.4 Å². The first kappa shape index (κ1) is 12.2. The van der Waals surface area contributed by atoms with Gasteiger partial charge in [-0.15, -0.1) is 11.3 Å². The fourth-order valence-corrected chi connectivity index (χ4v) is 4.52. The predicted octanol–water partition coefficient (Wildman–Crippen LogP) is 3.62. The van der Waals surface area contributed by atoms with E-state index in [1.54, 1.807) is 11.3 Å². The van der Waals surface area contributed by atoms with E-state index >= 15 is 0 Å². The molecular weight excluding hydrogens is 246 g/mol. The molecule has 2 aliphatic rings. The largest absolute Gasteiger partial charge is 0.481 e. The van der Waals surface area contributed by atoms with Crippen molar-refractivity contribution in [3.8, 4) is 0 Å². The summed E-state index contributed by atoms with van der Waals surface area (Å²) in [5.41, 5.74) is 0.384. The number of hydrogen-bond acceptors (Lipinski definition) is 3. The smallest absolute Gasteiger partial charge is 0.315 e. The zero-order valence-electron chi connectivity index (χ0n) is 10.7. The molecule has 2 aliphatic carbocycles. The monoisotopic (exact) mass is 265 g/mol. The van der Waals surface area contributed by atoms with Crippen LogP contribution in [0.5, 0.6) is 0 Å². The van der Waals surface area contributed by atoms with Crippen LogP contribution in [0.4, 0.5) is 0 Å². The van der Waals surface area contributed by atoms with Crippen molar-refractivity contribution in [1.29, 1.82) is 0 Å². The Bertz CT molecular complexity index is 470.